The van der Waals surface area contributed by atoms with Crippen LogP contribution in [-0.2, 0) is 0 Å². The Balaban J connectivity index is 0.00000324. The van der Waals surface area contributed by atoms with Gasteiger partial charge < -0.3 is 4.74 Å². The molecule has 4 rings (SSSR count). The molecule has 0 spiro atoms. The van der Waals surface area contributed by atoms with E-state index in [4.69, 9.17) is 4.74 Å². The fraction of sp³-hybridized carbons (Fsp3) is 0.323. The third-order valence-electron chi connectivity index (χ3n) is 6.63. The maximum atomic E-state index is 12.3. The van der Waals surface area contributed by atoms with Gasteiger partial charge in [0, 0.05) is 12.6 Å². The van der Waals surface area contributed by atoms with E-state index in [1.165, 1.54) is 44.1 Å². The van der Waals surface area contributed by atoms with Gasteiger partial charge in [-0.1, -0.05) is 61.4 Å². The van der Waals surface area contributed by atoms with Gasteiger partial charge in [0.25, 0.3) is 0 Å². The van der Waals surface area contributed by atoms with Crippen molar-refractivity contribution in [2.75, 3.05) is 0 Å². The third kappa shape index (κ3) is 6.36. The van der Waals surface area contributed by atoms with Crippen LogP contribution in [-0.4, -0.2) is 5.97 Å². The summed E-state index contributed by atoms with van der Waals surface area (Å²) in [5, 5.41) is 0. The SMILES string of the molecule is CCCC1CCC(c2ccc(C#Cc3ccc(C(=O)Oc4ccc(C)cc4)cc3)cc2)CC1.[HH]. The number of benzene rings is 3. The van der Waals surface area contributed by atoms with E-state index in [1.54, 1.807) is 24.3 Å². The largest absolute Gasteiger partial charge is 0.423 e. The van der Waals surface area contributed by atoms with E-state index in [1.807, 2.05) is 31.2 Å². The number of rotatable bonds is 5. The van der Waals surface area contributed by atoms with Crippen molar-refractivity contribution in [1.82, 2.24) is 0 Å². The van der Waals surface area contributed by atoms with Crippen LogP contribution in [0.4, 0.5) is 0 Å². The summed E-state index contributed by atoms with van der Waals surface area (Å²) < 4.78 is 5.43. The maximum absolute atomic E-state index is 12.3. The highest BCUT2D eigenvalue weighted by atomic mass is 16.5. The van der Waals surface area contributed by atoms with Gasteiger partial charge in [0.15, 0.2) is 0 Å². The lowest BCUT2D eigenvalue weighted by Gasteiger charge is -2.28. The van der Waals surface area contributed by atoms with Gasteiger partial charge in [-0.05, 0) is 98.5 Å². The van der Waals surface area contributed by atoms with Crippen LogP contribution in [0, 0.1) is 24.7 Å². The average molecular weight is 439 g/mol. The minimum Gasteiger partial charge on any atom is -0.423 e. The number of esters is 1. The highest BCUT2D eigenvalue weighted by Gasteiger charge is 2.21. The van der Waals surface area contributed by atoms with E-state index in [2.05, 4.69) is 43.0 Å². The summed E-state index contributed by atoms with van der Waals surface area (Å²) in [5.74, 6) is 8.27. The molecule has 0 radical (unpaired) electrons. The molecule has 170 valence electrons. The van der Waals surface area contributed by atoms with Crippen molar-refractivity contribution in [3.8, 4) is 17.6 Å². The molecule has 0 N–H and O–H groups in total. The molecule has 0 aliphatic heterocycles. The van der Waals surface area contributed by atoms with Gasteiger partial charge in [0.2, 0.25) is 0 Å². The fourth-order valence-corrected chi connectivity index (χ4v) is 4.64. The molecule has 3 aromatic rings. The number of carbonyl (C=O) groups excluding carboxylic acids is 1. The summed E-state index contributed by atoms with van der Waals surface area (Å²) in [4.78, 5) is 12.3. The van der Waals surface area contributed by atoms with Crippen molar-refractivity contribution >= 4 is 5.97 Å². The van der Waals surface area contributed by atoms with Crippen molar-refractivity contribution in [1.29, 1.82) is 0 Å². The molecule has 33 heavy (non-hydrogen) atoms. The minimum atomic E-state index is -0.363. The van der Waals surface area contributed by atoms with Gasteiger partial charge in [-0.25, -0.2) is 4.79 Å². The zero-order chi connectivity index (χ0) is 23.0. The molecule has 3 aromatic carbocycles. The Morgan fingerprint density at radius 1 is 0.848 bits per heavy atom. The molecule has 1 aliphatic carbocycles. The van der Waals surface area contributed by atoms with E-state index in [0.29, 0.717) is 17.2 Å². The van der Waals surface area contributed by atoms with Crippen LogP contribution in [0.5, 0.6) is 5.75 Å². The zero-order valence-corrected chi connectivity index (χ0v) is 19.6. The summed E-state index contributed by atoms with van der Waals surface area (Å²) >= 11 is 0. The van der Waals surface area contributed by atoms with Gasteiger partial charge >= 0.3 is 5.97 Å². The molecular formula is C31H34O2. The second-order valence-electron chi connectivity index (χ2n) is 9.16. The highest BCUT2D eigenvalue weighted by Crippen LogP contribution is 2.37. The first kappa shape index (κ1) is 22.9. The lowest BCUT2D eigenvalue weighted by Crippen LogP contribution is -2.13. The first-order valence-electron chi connectivity index (χ1n) is 12.1. The molecule has 0 unspecified atom stereocenters. The standard InChI is InChI=1S/C31H32O2.H2/c1-3-4-24-9-15-27(16-10-24)28-17-11-25(12-18-28)7-8-26-13-19-29(20-14-26)31(32)33-30-21-5-23(2)6-22-30;/h5-6,11-14,17-22,24,27H,3-4,9-10,15-16H2,1-2H3;1H. The highest BCUT2D eigenvalue weighted by molar-refractivity contribution is 5.91. The van der Waals surface area contributed by atoms with Gasteiger partial charge in [0.05, 0.1) is 5.56 Å². The lowest BCUT2D eigenvalue weighted by molar-refractivity contribution is 0.0734. The predicted octanol–water partition coefficient (Wildman–Crippen LogP) is 7.93. The van der Waals surface area contributed by atoms with Crippen LogP contribution < -0.4 is 4.74 Å². The molecule has 0 heterocycles. The third-order valence-corrected chi connectivity index (χ3v) is 6.63. The van der Waals surface area contributed by atoms with Crippen LogP contribution in [0.15, 0.2) is 72.8 Å². The summed E-state index contributed by atoms with van der Waals surface area (Å²) in [6.45, 7) is 4.29. The quantitative estimate of drug-likeness (QED) is 0.230. The number of hydrogen-bond donors (Lipinski definition) is 0. The molecule has 2 heteroatoms. The first-order valence-corrected chi connectivity index (χ1v) is 12.1. The number of hydrogen-bond acceptors (Lipinski definition) is 2. The van der Waals surface area contributed by atoms with Gasteiger partial charge in [-0.2, -0.15) is 0 Å². The molecule has 1 aliphatic rings. The normalized spacial score (nSPS) is 17.6. The van der Waals surface area contributed by atoms with Crippen LogP contribution in [0.2, 0.25) is 0 Å². The summed E-state index contributed by atoms with van der Waals surface area (Å²) in [5.41, 5.74) is 4.98. The zero-order valence-electron chi connectivity index (χ0n) is 19.6. The Labute approximate surface area is 199 Å². The second-order valence-corrected chi connectivity index (χ2v) is 9.16. The van der Waals surface area contributed by atoms with E-state index < -0.39 is 0 Å². The van der Waals surface area contributed by atoms with Crippen LogP contribution in [0.3, 0.4) is 0 Å². The Hall–Kier alpha value is -3.31. The van der Waals surface area contributed by atoms with Crippen molar-refractivity contribution in [2.45, 2.75) is 58.3 Å². The second kappa shape index (κ2) is 11.0. The number of aryl methyl sites for hydroxylation is 1. The molecule has 0 aromatic heterocycles. The molecular weight excluding hydrogens is 404 g/mol. The van der Waals surface area contributed by atoms with Crippen molar-refractivity contribution in [3.05, 3.63) is 101 Å². The minimum absolute atomic E-state index is 0. The monoisotopic (exact) mass is 438 g/mol. The Kier molecular flexibility index (Phi) is 7.63. The van der Waals surface area contributed by atoms with E-state index in [0.717, 1.165) is 22.6 Å². The molecule has 2 nitrogen and oxygen atoms in total. The predicted molar refractivity (Wildman–Crippen MR) is 137 cm³/mol. The molecule has 0 saturated heterocycles. The average Bonchev–Trinajstić information content (AvgIpc) is 2.85. The molecule has 0 amide bonds. The summed E-state index contributed by atoms with van der Waals surface area (Å²) in [7, 11) is 0. The molecule has 1 fully saturated rings. The Bertz CT molecular complexity index is 1110. The summed E-state index contributed by atoms with van der Waals surface area (Å²) in [6.07, 6.45) is 8.06. The number of ether oxygens (including phenoxy) is 1. The number of carbonyl (C=O) groups is 1. The van der Waals surface area contributed by atoms with Crippen molar-refractivity contribution < 1.29 is 11.0 Å². The van der Waals surface area contributed by atoms with Crippen molar-refractivity contribution in [3.63, 3.8) is 0 Å². The Morgan fingerprint density at radius 2 is 1.42 bits per heavy atom. The van der Waals surface area contributed by atoms with Crippen LogP contribution >= 0.6 is 0 Å². The van der Waals surface area contributed by atoms with Gasteiger partial charge in [-0.3, -0.25) is 0 Å². The molecule has 0 bridgehead atoms. The Morgan fingerprint density at radius 3 is 2.00 bits per heavy atom. The van der Waals surface area contributed by atoms with E-state index >= 15 is 0 Å². The smallest absolute Gasteiger partial charge is 0.343 e. The fourth-order valence-electron chi connectivity index (χ4n) is 4.64. The first-order chi connectivity index (χ1) is 16.1. The van der Waals surface area contributed by atoms with Crippen molar-refractivity contribution in [2.24, 2.45) is 5.92 Å². The van der Waals surface area contributed by atoms with Gasteiger partial charge in [-0.15, -0.1) is 0 Å². The van der Waals surface area contributed by atoms with E-state index in [-0.39, 0.29) is 7.40 Å². The topological polar surface area (TPSA) is 26.3 Å². The van der Waals surface area contributed by atoms with Crippen LogP contribution in [0.25, 0.3) is 0 Å². The van der Waals surface area contributed by atoms with Crippen LogP contribution in [0.1, 0.15) is 85.4 Å². The summed E-state index contributed by atoms with van der Waals surface area (Å²) in [6, 6.07) is 23.5. The van der Waals surface area contributed by atoms with Gasteiger partial charge in [0.1, 0.15) is 5.75 Å². The molecule has 1 saturated carbocycles. The van der Waals surface area contributed by atoms with E-state index in [9.17, 15) is 4.79 Å². The maximum Gasteiger partial charge on any atom is 0.343 e. The lowest BCUT2D eigenvalue weighted by atomic mass is 9.77. The molecule has 0 atom stereocenters.